The van der Waals surface area contributed by atoms with E-state index in [2.05, 4.69) is 23.8 Å². The minimum atomic E-state index is -0.0310. The van der Waals surface area contributed by atoms with Crippen LogP contribution < -0.4 is 0 Å². The molecule has 4 nitrogen and oxygen atoms in total. The Hall–Kier alpha value is -1.06. The van der Waals surface area contributed by atoms with Crippen molar-refractivity contribution in [1.82, 2.24) is 0 Å². The van der Waals surface area contributed by atoms with Crippen LogP contribution in [-0.2, 0) is 9.47 Å². The zero-order valence-corrected chi connectivity index (χ0v) is 10.9. The summed E-state index contributed by atoms with van der Waals surface area (Å²) in [6.07, 6.45) is 0. The Morgan fingerprint density at radius 2 is 1.62 bits per heavy atom. The van der Waals surface area contributed by atoms with E-state index in [0.717, 1.165) is 11.8 Å². The minimum Gasteiger partial charge on any atom is -0.480 e. The van der Waals surface area contributed by atoms with Crippen LogP contribution in [0, 0.1) is 5.92 Å². The van der Waals surface area contributed by atoms with Crippen LogP contribution in [0.25, 0.3) is 0 Å². The normalized spacial score (nSPS) is 25.1. The smallest absolute Gasteiger partial charge is 0.209 e. The van der Waals surface area contributed by atoms with Gasteiger partial charge in [0.2, 0.25) is 11.8 Å². The number of rotatable bonds is 3. The Labute approximate surface area is 97.8 Å². The average molecular weight is 226 g/mol. The lowest BCUT2D eigenvalue weighted by Gasteiger charge is -2.26. The van der Waals surface area contributed by atoms with E-state index >= 15 is 0 Å². The van der Waals surface area contributed by atoms with Crippen LogP contribution >= 0.6 is 0 Å². The summed E-state index contributed by atoms with van der Waals surface area (Å²) >= 11 is 0. The minimum absolute atomic E-state index is 0.00213. The van der Waals surface area contributed by atoms with Gasteiger partial charge in [0.05, 0.1) is 13.2 Å². The topological polar surface area (TPSA) is 43.2 Å². The molecule has 0 aromatic heterocycles. The van der Waals surface area contributed by atoms with Gasteiger partial charge >= 0.3 is 0 Å². The first-order valence-corrected chi connectivity index (χ1v) is 6.01. The highest BCUT2D eigenvalue weighted by Gasteiger charge is 2.28. The maximum absolute atomic E-state index is 5.54. The molecule has 92 valence electrons. The molecule has 0 fully saturated rings. The molecule has 1 aliphatic rings. The van der Waals surface area contributed by atoms with E-state index < -0.39 is 0 Å². The average Bonchev–Trinajstić information content (AvgIpc) is 2.22. The first-order chi connectivity index (χ1) is 7.60. The highest BCUT2D eigenvalue weighted by molar-refractivity contribution is 5.93. The quantitative estimate of drug-likeness (QED) is 0.741. The van der Waals surface area contributed by atoms with E-state index in [0.29, 0.717) is 19.1 Å². The number of hydrogen-bond donors (Lipinski definition) is 0. The van der Waals surface area contributed by atoms with Crippen LogP contribution in [0.3, 0.4) is 0 Å². The van der Waals surface area contributed by atoms with Crippen molar-refractivity contribution in [2.45, 2.75) is 46.7 Å². The summed E-state index contributed by atoms with van der Waals surface area (Å²) in [7, 11) is 0. The maximum Gasteiger partial charge on any atom is 0.209 e. The van der Waals surface area contributed by atoms with Gasteiger partial charge in [-0.25, -0.2) is 9.98 Å². The molecule has 0 N–H and O–H groups in total. The van der Waals surface area contributed by atoms with Crippen molar-refractivity contribution in [1.29, 1.82) is 0 Å². The molecule has 0 saturated heterocycles. The Morgan fingerprint density at radius 3 is 2.12 bits per heavy atom. The fourth-order valence-electron chi connectivity index (χ4n) is 1.63. The molecular formula is C12H22N2O2. The first kappa shape index (κ1) is 13.0. The van der Waals surface area contributed by atoms with Crippen LogP contribution in [0.2, 0.25) is 0 Å². The highest BCUT2D eigenvalue weighted by atomic mass is 16.5. The number of nitrogens with zero attached hydrogens (tertiary/aromatic N) is 2. The number of ether oxygens (including phenoxy) is 2. The molecule has 1 heterocycles. The standard InChI is InChI=1S/C12H22N2O2/c1-6-15-11-9(5)13-12(16-7-2)10(14-11)8(3)4/h8-10H,6-7H2,1-5H3/t9-,10-/m0/s1. The molecule has 0 amide bonds. The Bertz CT molecular complexity index is 285. The van der Waals surface area contributed by atoms with Crippen molar-refractivity contribution in [3.05, 3.63) is 0 Å². The molecule has 0 radical (unpaired) electrons. The second-order valence-corrected chi connectivity index (χ2v) is 4.17. The first-order valence-electron chi connectivity index (χ1n) is 6.01. The molecule has 1 aliphatic heterocycles. The monoisotopic (exact) mass is 226 g/mol. The van der Waals surface area contributed by atoms with Crippen molar-refractivity contribution < 1.29 is 9.47 Å². The zero-order chi connectivity index (χ0) is 12.1. The van der Waals surface area contributed by atoms with E-state index in [1.54, 1.807) is 0 Å². The van der Waals surface area contributed by atoms with Crippen LogP contribution in [0.1, 0.15) is 34.6 Å². The third kappa shape index (κ3) is 2.97. The molecule has 1 rings (SSSR count). The summed E-state index contributed by atoms with van der Waals surface area (Å²) in [6.45, 7) is 11.4. The molecular weight excluding hydrogens is 204 g/mol. The van der Waals surface area contributed by atoms with Gasteiger partial charge in [0, 0.05) is 0 Å². The summed E-state index contributed by atoms with van der Waals surface area (Å²) in [5, 5.41) is 0. The van der Waals surface area contributed by atoms with Gasteiger partial charge in [0.15, 0.2) is 0 Å². The predicted molar refractivity (Wildman–Crippen MR) is 66.2 cm³/mol. The number of aliphatic imine (C=N–C) groups is 2. The third-order valence-electron chi connectivity index (χ3n) is 2.41. The molecule has 0 bridgehead atoms. The number of hydrogen-bond acceptors (Lipinski definition) is 4. The van der Waals surface area contributed by atoms with Crippen molar-refractivity contribution in [2.75, 3.05) is 13.2 Å². The maximum atomic E-state index is 5.54. The molecule has 4 heteroatoms. The summed E-state index contributed by atoms with van der Waals surface area (Å²) < 4.78 is 11.0. The van der Waals surface area contributed by atoms with E-state index in [4.69, 9.17) is 9.47 Å². The lowest BCUT2D eigenvalue weighted by Crippen LogP contribution is -2.37. The van der Waals surface area contributed by atoms with E-state index in [-0.39, 0.29) is 12.1 Å². The van der Waals surface area contributed by atoms with E-state index in [1.807, 2.05) is 20.8 Å². The zero-order valence-electron chi connectivity index (χ0n) is 10.9. The largest absolute Gasteiger partial charge is 0.480 e. The summed E-state index contributed by atoms with van der Waals surface area (Å²) in [5.74, 6) is 1.84. The van der Waals surface area contributed by atoms with Gasteiger partial charge in [0.25, 0.3) is 0 Å². The van der Waals surface area contributed by atoms with Gasteiger partial charge in [0.1, 0.15) is 12.1 Å². The van der Waals surface area contributed by atoms with Crippen LogP contribution in [-0.4, -0.2) is 37.1 Å². The predicted octanol–water partition coefficient (Wildman–Crippen LogP) is 2.28. The fourth-order valence-corrected chi connectivity index (χ4v) is 1.63. The Balaban J connectivity index is 2.85. The summed E-state index contributed by atoms with van der Waals surface area (Å²) in [5.41, 5.74) is 0. The SMILES string of the molecule is CCOC1=N[C@@H](C(C)C)C(OCC)=N[C@H]1C. The molecule has 0 spiro atoms. The highest BCUT2D eigenvalue weighted by Crippen LogP contribution is 2.17. The second-order valence-electron chi connectivity index (χ2n) is 4.17. The van der Waals surface area contributed by atoms with Gasteiger partial charge in [-0.05, 0) is 26.7 Å². The van der Waals surface area contributed by atoms with Crippen LogP contribution in [0.15, 0.2) is 9.98 Å². The van der Waals surface area contributed by atoms with Gasteiger partial charge in [-0.2, -0.15) is 0 Å². The van der Waals surface area contributed by atoms with Gasteiger partial charge in [-0.1, -0.05) is 13.8 Å². The Kier molecular flexibility index (Phi) is 4.77. The fraction of sp³-hybridized carbons (Fsp3) is 0.833. The lowest BCUT2D eigenvalue weighted by atomic mass is 10.0. The molecule has 0 aromatic rings. The van der Waals surface area contributed by atoms with Crippen LogP contribution in [0.5, 0.6) is 0 Å². The second kappa shape index (κ2) is 5.87. The van der Waals surface area contributed by atoms with E-state index in [9.17, 15) is 0 Å². The van der Waals surface area contributed by atoms with Crippen molar-refractivity contribution >= 4 is 11.8 Å². The molecule has 0 aliphatic carbocycles. The van der Waals surface area contributed by atoms with Crippen LogP contribution in [0.4, 0.5) is 0 Å². The summed E-state index contributed by atoms with van der Waals surface area (Å²) in [6, 6.07) is -0.0331. The molecule has 0 saturated carbocycles. The molecule has 0 unspecified atom stereocenters. The van der Waals surface area contributed by atoms with Crippen molar-refractivity contribution in [3.8, 4) is 0 Å². The Morgan fingerprint density at radius 1 is 1.06 bits per heavy atom. The van der Waals surface area contributed by atoms with Crippen molar-refractivity contribution in [3.63, 3.8) is 0 Å². The van der Waals surface area contributed by atoms with Gasteiger partial charge in [-0.3, -0.25) is 0 Å². The summed E-state index contributed by atoms with van der Waals surface area (Å²) in [4.78, 5) is 9.10. The van der Waals surface area contributed by atoms with Gasteiger partial charge in [-0.15, -0.1) is 0 Å². The van der Waals surface area contributed by atoms with Crippen molar-refractivity contribution in [2.24, 2.45) is 15.9 Å². The lowest BCUT2D eigenvalue weighted by molar-refractivity contribution is 0.278. The molecule has 16 heavy (non-hydrogen) atoms. The third-order valence-corrected chi connectivity index (χ3v) is 2.41. The molecule has 2 atom stereocenters. The van der Waals surface area contributed by atoms with E-state index in [1.165, 1.54) is 0 Å². The van der Waals surface area contributed by atoms with Gasteiger partial charge < -0.3 is 9.47 Å². The molecule has 0 aromatic carbocycles.